The van der Waals surface area contributed by atoms with E-state index < -0.39 is 0 Å². The second-order valence-corrected chi connectivity index (χ2v) is 6.95. The van der Waals surface area contributed by atoms with Gasteiger partial charge < -0.3 is 24.8 Å². The minimum Gasteiger partial charge on any atom is -0.496 e. The zero-order valence-electron chi connectivity index (χ0n) is 16.0. The van der Waals surface area contributed by atoms with Gasteiger partial charge in [0.2, 0.25) is 0 Å². The standard InChI is InChI=1S/C19H27N3O3S/c1-6-20-19(22-12-15-8-7-13(2)26-15)21-11-14-9-17(24-4)18(25-5)10-16(14)23-3/h7-10H,6,11-12H2,1-5H3,(H2,20,21,22). The van der Waals surface area contributed by atoms with Gasteiger partial charge in [0.15, 0.2) is 17.5 Å². The summed E-state index contributed by atoms with van der Waals surface area (Å²) in [7, 11) is 4.86. The van der Waals surface area contributed by atoms with Crippen molar-refractivity contribution >= 4 is 17.3 Å². The van der Waals surface area contributed by atoms with Crippen LogP contribution in [0.15, 0.2) is 29.3 Å². The average Bonchev–Trinajstić information content (AvgIpc) is 3.08. The molecule has 6 nitrogen and oxygen atoms in total. The molecule has 1 aromatic heterocycles. The van der Waals surface area contributed by atoms with Crippen molar-refractivity contribution in [2.75, 3.05) is 27.9 Å². The van der Waals surface area contributed by atoms with E-state index in [0.717, 1.165) is 30.4 Å². The highest BCUT2D eigenvalue weighted by molar-refractivity contribution is 7.11. The number of thiophene rings is 1. The van der Waals surface area contributed by atoms with Crippen LogP contribution in [0.4, 0.5) is 0 Å². The van der Waals surface area contributed by atoms with Crippen LogP contribution in [0.3, 0.4) is 0 Å². The fraction of sp³-hybridized carbons (Fsp3) is 0.421. The number of rotatable bonds is 8. The number of ether oxygens (including phenoxy) is 3. The largest absolute Gasteiger partial charge is 0.496 e. The molecule has 2 rings (SSSR count). The lowest BCUT2D eigenvalue weighted by Gasteiger charge is -2.14. The van der Waals surface area contributed by atoms with Crippen LogP contribution in [0, 0.1) is 6.92 Å². The normalized spacial score (nSPS) is 11.2. The maximum Gasteiger partial charge on any atom is 0.191 e. The monoisotopic (exact) mass is 377 g/mol. The Balaban J connectivity index is 2.14. The molecule has 0 fully saturated rings. The molecule has 0 aliphatic rings. The van der Waals surface area contributed by atoms with Gasteiger partial charge in [-0.25, -0.2) is 4.99 Å². The van der Waals surface area contributed by atoms with E-state index in [1.165, 1.54) is 9.75 Å². The third kappa shape index (κ3) is 5.29. The number of hydrogen-bond acceptors (Lipinski definition) is 5. The molecule has 142 valence electrons. The number of nitrogens with zero attached hydrogens (tertiary/aromatic N) is 1. The van der Waals surface area contributed by atoms with Gasteiger partial charge >= 0.3 is 0 Å². The molecule has 0 aliphatic carbocycles. The number of aryl methyl sites for hydroxylation is 1. The molecule has 2 aromatic rings. The molecule has 7 heteroatoms. The Morgan fingerprint density at radius 1 is 1.00 bits per heavy atom. The Bertz CT molecular complexity index is 744. The molecule has 0 amide bonds. The lowest BCUT2D eigenvalue weighted by atomic mass is 10.1. The van der Waals surface area contributed by atoms with Gasteiger partial charge in [0.25, 0.3) is 0 Å². The van der Waals surface area contributed by atoms with Gasteiger partial charge in [-0.3, -0.25) is 0 Å². The van der Waals surface area contributed by atoms with Crippen molar-refractivity contribution in [1.82, 2.24) is 10.6 Å². The topological polar surface area (TPSA) is 64.1 Å². The lowest BCUT2D eigenvalue weighted by Crippen LogP contribution is -2.36. The molecule has 1 heterocycles. The van der Waals surface area contributed by atoms with Crippen LogP contribution in [-0.4, -0.2) is 33.8 Å². The maximum absolute atomic E-state index is 5.47. The van der Waals surface area contributed by atoms with Crippen LogP contribution in [0.25, 0.3) is 0 Å². The van der Waals surface area contributed by atoms with Crippen molar-refractivity contribution in [2.24, 2.45) is 4.99 Å². The molecule has 0 atom stereocenters. The van der Waals surface area contributed by atoms with Gasteiger partial charge in [0.1, 0.15) is 5.75 Å². The first-order valence-electron chi connectivity index (χ1n) is 8.47. The van der Waals surface area contributed by atoms with Gasteiger partial charge in [-0.15, -0.1) is 11.3 Å². The van der Waals surface area contributed by atoms with Crippen LogP contribution < -0.4 is 24.8 Å². The Morgan fingerprint density at radius 2 is 1.69 bits per heavy atom. The summed E-state index contributed by atoms with van der Waals surface area (Å²) in [5.41, 5.74) is 0.925. The van der Waals surface area contributed by atoms with E-state index in [1.807, 2.05) is 19.1 Å². The van der Waals surface area contributed by atoms with Gasteiger partial charge in [-0.2, -0.15) is 0 Å². The number of nitrogens with one attached hydrogen (secondary N) is 2. The smallest absolute Gasteiger partial charge is 0.191 e. The van der Waals surface area contributed by atoms with Crippen molar-refractivity contribution in [2.45, 2.75) is 26.9 Å². The van der Waals surface area contributed by atoms with Crippen molar-refractivity contribution in [1.29, 1.82) is 0 Å². The van der Waals surface area contributed by atoms with E-state index in [0.29, 0.717) is 18.0 Å². The first-order valence-corrected chi connectivity index (χ1v) is 9.29. The van der Waals surface area contributed by atoms with Crippen molar-refractivity contribution in [3.63, 3.8) is 0 Å². The predicted molar refractivity (Wildman–Crippen MR) is 107 cm³/mol. The zero-order chi connectivity index (χ0) is 18.9. The minimum atomic E-state index is 0.461. The van der Waals surface area contributed by atoms with E-state index in [9.17, 15) is 0 Å². The second-order valence-electron chi connectivity index (χ2n) is 5.58. The summed E-state index contributed by atoms with van der Waals surface area (Å²) < 4.78 is 16.2. The zero-order valence-corrected chi connectivity index (χ0v) is 16.8. The van der Waals surface area contributed by atoms with Gasteiger partial charge in [-0.05, 0) is 32.0 Å². The molecule has 1 aromatic carbocycles. The molecule has 0 radical (unpaired) electrons. The Labute approximate surface area is 159 Å². The summed E-state index contributed by atoms with van der Waals surface area (Å²) >= 11 is 1.78. The lowest BCUT2D eigenvalue weighted by molar-refractivity contribution is 0.347. The number of aliphatic imine (C=N–C) groups is 1. The molecule has 0 saturated carbocycles. The Kier molecular flexibility index (Phi) is 7.59. The summed E-state index contributed by atoms with van der Waals surface area (Å²) in [4.78, 5) is 7.25. The predicted octanol–water partition coefficient (Wildman–Crippen LogP) is 3.34. The SMILES string of the molecule is CCNC(=NCc1cc(OC)c(OC)cc1OC)NCc1ccc(C)s1. The Morgan fingerprint density at radius 3 is 2.27 bits per heavy atom. The molecule has 26 heavy (non-hydrogen) atoms. The van der Waals surface area contributed by atoms with Crippen molar-refractivity contribution in [3.8, 4) is 17.2 Å². The van der Waals surface area contributed by atoms with E-state index in [1.54, 1.807) is 32.7 Å². The first kappa shape index (κ1) is 19.9. The second kappa shape index (κ2) is 9.91. The maximum atomic E-state index is 5.47. The third-order valence-corrected chi connectivity index (χ3v) is 4.77. The molecule has 0 unspecified atom stereocenters. The van der Waals surface area contributed by atoms with Crippen LogP contribution in [-0.2, 0) is 13.1 Å². The molecular weight excluding hydrogens is 350 g/mol. The van der Waals surface area contributed by atoms with E-state index in [4.69, 9.17) is 14.2 Å². The van der Waals surface area contributed by atoms with Gasteiger partial charge in [-0.1, -0.05) is 0 Å². The van der Waals surface area contributed by atoms with Crippen LogP contribution >= 0.6 is 11.3 Å². The highest BCUT2D eigenvalue weighted by Gasteiger charge is 2.12. The quantitative estimate of drug-likeness (QED) is 0.546. The third-order valence-electron chi connectivity index (χ3n) is 3.76. The fourth-order valence-electron chi connectivity index (χ4n) is 2.47. The molecular formula is C19H27N3O3S. The van der Waals surface area contributed by atoms with Crippen molar-refractivity contribution < 1.29 is 14.2 Å². The molecule has 0 aliphatic heterocycles. The van der Waals surface area contributed by atoms with E-state index in [2.05, 4.69) is 34.7 Å². The Hall–Kier alpha value is -2.41. The van der Waals surface area contributed by atoms with Crippen LogP contribution in [0.5, 0.6) is 17.2 Å². The number of methoxy groups -OCH3 is 3. The first-order chi connectivity index (χ1) is 12.6. The molecule has 0 saturated heterocycles. The average molecular weight is 378 g/mol. The van der Waals surface area contributed by atoms with Gasteiger partial charge in [0, 0.05) is 27.9 Å². The highest BCUT2D eigenvalue weighted by atomic mass is 32.1. The highest BCUT2D eigenvalue weighted by Crippen LogP contribution is 2.34. The molecule has 0 spiro atoms. The number of benzene rings is 1. The summed E-state index contributed by atoms with van der Waals surface area (Å²) in [5.74, 6) is 2.77. The molecule has 0 bridgehead atoms. The fourth-order valence-corrected chi connectivity index (χ4v) is 3.30. The summed E-state index contributed by atoms with van der Waals surface area (Å²) in [6.45, 7) is 6.15. The van der Waals surface area contributed by atoms with Gasteiger partial charge in [0.05, 0.1) is 34.4 Å². The number of guanidine groups is 1. The molecule has 2 N–H and O–H groups in total. The van der Waals surface area contributed by atoms with Crippen molar-refractivity contribution in [3.05, 3.63) is 39.6 Å². The summed E-state index contributed by atoms with van der Waals surface area (Å²) in [6.07, 6.45) is 0. The number of hydrogen-bond donors (Lipinski definition) is 2. The minimum absolute atomic E-state index is 0.461. The van der Waals surface area contributed by atoms with E-state index >= 15 is 0 Å². The summed E-state index contributed by atoms with van der Waals surface area (Å²) in [5, 5.41) is 6.63. The van der Waals surface area contributed by atoms with Crippen LogP contribution in [0.1, 0.15) is 22.2 Å². The summed E-state index contributed by atoms with van der Waals surface area (Å²) in [6, 6.07) is 7.97. The van der Waals surface area contributed by atoms with Crippen LogP contribution in [0.2, 0.25) is 0 Å². The van der Waals surface area contributed by atoms with E-state index in [-0.39, 0.29) is 0 Å².